The summed E-state index contributed by atoms with van der Waals surface area (Å²) >= 11 is 0. The van der Waals surface area contributed by atoms with E-state index < -0.39 is 18.1 Å². The molecule has 0 spiro atoms. The highest BCUT2D eigenvalue weighted by molar-refractivity contribution is 6.22. The van der Waals surface area contributed by atoms with E-state index in [4.69, 9.17) is 4.74 Å². The molecule has 2 aliphatic rings. The van der Waals surface area contributed by atoms with Crippen LogP contribution in [-0.2, 0) is 17.8 Å². The Hall–Kier alpha value is -5.44. The van der Waals surface area contributed by atoms with Gasteiger partial charge in [-0.15, -0.1) is 0 Å². The van der Waals surface area contributed by atoms with Gasteiger partial charge in [-0.05, 0) is 71.3 Å². The largest absolute Gasteiger partial charge is 0.497 e. The van der Waals surface area contributed by atoms with Crippen molar-refractivity contribution >= 4 is 34.4 Å². The molecule has 4 amide bonds. The van der Waals surface area contributed by atoms with E-state index in [2.05, 4.69) is 10.3 Å². The van der Waals surface area contributed by atoms with E-state index in [9.17, 15) is 18.8 Å². The molecule has 7 rings (SSSR count). The lowest BCUT2D eigenvalue weighted by Crippen LogP contribution is -2.44. The number of carbonyl (C=O) groups is 3. The average molecular weight is 575 g/mol. The first-order valence-electron chi connectivity index (χ1n) is 14.0. The van der Waals surface area contributed by atoms with E-state index in [0.717, 1.165) is 33.3 Å². The van der Waals surface area contributed by atoms with E-state index in [1.165, 1.54) is 17.0 Å². The molecule has 1 saturated heterocycles. The summed E-state index contributed by atoms with van der Waals surface area (Å²) in [6.07, 6.45) is 0.380. The molecule has 0 saturated carbocycles. The van der Waals surface area contributed by atoms with Crippen molar-refractivity contribution in [2.45, 2.75) is 25.0 Å². The summed E-state index contributed by atoms with van der Waals surface area (Å²) in [6, 6.07) is 26.1. The Labute approximate surface area is 246 Å². The molecule has 1 fully saturated rings. The Morgan fingerprint density at radius 2 is 1.74 bits per heavy atom. The number of urea groups is 1. The molecule has 0 radical (unpaired) electrons. The fourth-order valence-corrected chi connectivity index (χ4v) is 6.12. The molecule has 0 aliphatic carbocycles. The lowest BCUT2D eigenvalue weighted by Gasteiger charge is -2.36. The van der Waals surface area contributed by atoms with Crippen LogP contribution in [0.2, 0.25) is 0 Å². The van der Waals surface area contributed by atoms with Crippen molar-refractivity contribution < 1.29 is 23.5 Å². The topological polar surface area (TPSA) is 94.7 Å². The Balaban J connectivity index is 1.20. The van der Waals surface area contributed by atoms with Gasteiger partial charge in [-0.25, -0.2) is 14.1 Å². The van der Waals surface area contributed by atoms with Gasteiger partial charge in [-0.1, -0.05) is 42.5 Å². The SMILES string of the molecule is COc1cccc(C2c3[nH]c4ccccc4c3C[C@@H]3C(=O)N(c4ccc(C(=O)NCc5ccc(F)cc5)cc4)C(=O)N23)c1. The van der Waals surface area contributed by atoms with Crippen molar-refractivity contribution in [3.8, 4) is 5.75 Å². The number of fused-ring (bicyclic) bond motifs is 4. The number of imide groups is 1. The molecule has 8 nitrogen and oxygen atoms in total. The summed E-state index contributed by atoms with van der Waals surface area (Å²) in [6.45, 7) is 0.237. The van der Waals surface area contributed by atoms with Crippen LogP contribution < -0.4 is 15.0 Å². The average Bonchev–Trinajstić information content (AvgIpc) is 3.53. The van der Waals surface area contributed by atoms with Crippen molar-refractivity contribution in [3.05, 3.63) is 131 Å². The van der Waals surface area contributed by atoms with E-state index >= 15 is 0 Å². The van der Waals surface area contributed by atoms with Gasteiger partial charge in [0.05, 0.1) is 12.8 Å². The molecular weight excluding hydrogens is 547 g/mol. The number of aromatic nitrogens is 1. The first-order chi connectivity index (χ1) is 20.9. The Morgan fingerprint density at radius 1 is 0.977 bits per heavy atom. The lowest BCUT2D eigenvalue weighted by molar-refractivity contribution is -0.120. The molecule has 5 aromatic rings. The maximum atomic E-state index is 14.1. The van der Waals surface area contributed by atoms with Crippen LogP contribution in [0.3, 0.4) is 0 Å². The summed E-state index contributed by atoms with van der Waals surface area (Å²) < 4.78 is 18.7. The normalized spacial score (nSPS) is 17.6. The van der Waals surface area contributed by atoms with Crippen molar-refractivity contribution in [1.82, 2.24) is 15.2 Å². The van der Waals surface area contributed by atoms with Crippen LogP contribution in [0.1, 0.15) is 38.8 Å². The van der Waals surface area contributed by atoms with Gasteiger partial charge in [0.25, 0.3) is 11.8 Å². The highest BCUT2D eigenvalue weighted by atomic mass is 19.1. The zero-order valence-electron chi connectivity index (χ0n) is 23.2. The third-order valence-corrected chi connectivity index (χ3v) is 8.21. The number of nitrogens with one attached hydrogen (secondary N) is 2. The molecular formula is C34H27FN4O4. The van der Waals surface area contributed by atoms with Crippen LogP contribution in [0.4, 0.5) is 14.9 Å². The molecule has 43 heavy (non-hydrogen) atoms. The molecule has 214 valence electrons. The number of aromatic amines is 1. The van der Waals surface area contributed by atoms with Gasteiger partial charge in [-0.3, -0.25) is 14.5 Å². The number of hydrogen-bond acceptors (Lipinski definition) is 4. The third-order valence-electron chi connectivity index (χ3n) is 8.21. The van der Waals surface area contributed by atoms with E-state index in [1.807, 2.05) is 48.5 Å². The van der Waals surface area contributed by atoms with Crippen LogP contribution in [0.25, 0.3) is 10.9 Å². The first kappa shape index (κ1) is 26.5. The Kier molecular flexibility index (Phi) is 6.42. The monoisotopic (exact) mass is 574 g/mol. The summed E-state index contributed by atoms with van der Waals surface area (Å²) in [5.74, 6) is -0.331. The number of nitrogens with zero attached hydrogens (tertiary/aromatic N) is 2. The Morgan fingerprint density at radius 3 is 2.51 bits per heavy atom. The fourth-order valence-electron chi connectivity index (χ4n) is 6.12. The minimum atomic E-state index is -0.700. The molecule has 2 aliphatic heterocycles. The van der Waals surface area contributed by atoms with Gasteiger partial charge < -0.3 is 15.0 Å². The number of carbonyl (C=O) groups excluding carboxylic acids is 3. The first-order valence-corrected chi connectivity index (χ1v) is 14.0. The predicted octanol–water partition coefficient (Wildman–Crippen LogP) is 5.73. The fraction of sp³-hybridized carbons (Fsp3) is 0.147. The van der Waals surface area contributed by atoms with Crippen molar-refractivity contribution in [3.63, 3.8) is 0 Å². The second kappa shape index (κ2) is 10.4. The number of halogens is 1. The Bertz CT molecular complexity index is 1880. The van der Waals surface area contributed by atoms with Crippen LogP contribution >= 0.6 is 0 Å². The van der Waals surface area contributed by atoms with Crippen molar-refractivity contribution in [2.75, 3.05) is 12.0 Å². The molecule has 4 aromatic carbocycles. The molecule has 0 bridgehead atoms. The number of ether oxygens (including phenoxy) is 1. The number of hydrogen-bond donors (Lipinski definition) is 2. The molecule has 2 atom stereocenters. The second-order valence-electron chi connectivity index (χ2n) is 10.7. The van der Waals surface area contributed by atoms with Crippen molar-refractivity contribution in [2.24, 2.45) is 0 Å². The number of para-hydroxylation sites is 1. The lowest BCUT2D eigenvalue weighted by atomic mass is 9.89. The van der Waals surface area contributed by atoms with Crippen molar-refractivity contribution in [1.29, 1.82) is 0 Å². The highest BCUT2D eigenvalue weighted by Crippen LogP contribution is 2.45. The van der Waals surface area contributed by atoms with Crippen LogP contribution in [0, 0.1) is 5.82 Å². The summed E-state index contributed by atoms with van der Waals surface area (Å²) in [4.78, 5) is 47.2. The number of H-pyrrole nitrogens is 1. The predicted molar refractivity (Wildman–Crippen MR) is 159 cm³/mol. The maximum absolute atomic E-state index is 14.1. The van der Waals surface area contributed by atoms with Crippen LogP contribution in [-0.4, -0.2) is 40.9 Å². The summed E-state index contributed by atoms with van der Waals surface area (Å²) in [5.41, 5.74) is 5.19. The van der Waals surface area contributed by atoms with E-state index in [0.29, 0.717) is 23.4 Å². The second-order valence-corrected chi connectivity index (χ2v) is 10.7. The van der Waals surface area contributed by atoms with Gasteiger partial charge in [-0.2, -0.15) is 0 Å². The molecule has 1 aromatic heterocycles. The summed E-state index contributed by atoms with van der Waals surface area (Å²) in [5, 5.41) is 3.83. The van der Waals surface area contributed by atoms with Gasteiger partial charge in [0.2, 0.25) is 0 Å². The quantitative estimate of drug-likeness (QED) is 0.253. The third kappa shape index (κ3) is 4.50. The van der Waals surface area contributed by atoms with Crippen LogP contribution in [0.5, 0.6) is 5.75 Å². The number of rotatable bonds is 6. The summed E-state index contributed by atoms with van der Waals surface area (Å²) in [7, 11) is 1.59. The van der Waals surface area contributed by atoms with Gasteiger partial charge in [0.1, 0.15) is 23.7 Å². The standard InChI is InChI=1S/C34H27FN4O4/c1-43-25-6-4-5-22(17-25)31-30-27(26-7-2-3-8-28(26)37-30)18-29-33(41)38(34(42)39(29)31)24-15-11-21(12-16-24)32(40)36-19-20-9-13-23(35)14-10-20/h2-17,29,31,37H,18-19H2,1H3,(H,36,40)/t29-,31?/m1/s1. The molecule has 1 unspecified atom stereocenters. The zero-order chi connectivity index (χ0) is 29.7. The number of amides is 4. The van der Waals surface area contributed by atoms with Gasteiger partial charge in [0.15, 0.2) is 0 Å². The van der Waals surface area contributed by atoms with Crippen LogP contribution in [0.15, 0.2) is 97.1 Å². The highest BCUT2D eigenvalue weighted by Gasteiger charge is 2.53. The molecule has 3 heterocycles. The molecule has 2 N–H and O–H groups in total. The van der Waals surface area contributed by atoms with Gasteiger partial charge >= 0.3 is 6.03 Å². The number of benzene rings is 4. The number of methoxy groups -OCH3 is 1. The molecule has 9 heteroatoms. The zero-order valence-corrected chi connectivity index (χ0v) is 23.2. The number of anilines is 1. The minimum Gasteiger partial charge on any atom is -0.497 e. The smallest absolute Gasteiger partial charge is 0.332 e. The van der Waals surface area contributed by atoms with E-state index in [-0.39, 0.29) is 24.2 Å². The van der Waals surface area contributed by atoms with Gasteiger partial charge in [0, 0.05) is 35.1 Å². The van der Waals surface area contributed by atoms with E-state index in [1.54, 1.807) is 48.4 Å². The maximum Gasteiger partial charge on any atom is 0.332 e. The minimum absolute atomic E-state index is 0.237.